The zero-order chi connectivity index (χ0) is 56.4. The Morgan fingerprint density at radius 3 is 0.718 bits per heavy atom. The maximum absolute atomic E-state index is 12.9. The van der Waals surface area contributed by atoms with Crippen molar-refractivity contribution in [3.63, 3.8) is 0 Å². The molecule has 0 heterocycles. The Balaban J connectivity index is 4.26. The second kappa shape index (κ2) is 67.1. The van der Waals surface area contributed by atoms with Crippen LogP contribution in [0.3, 0.4) is 0 Å². The van der Waals surface area contributed by atoms with E-state index in [9.17, 15) is 14.4 Å². The first-order chi connectivity index (χ1) is 38.5. The molecule has 0 rings (SSSR count). The summed E-state index contributed by atoms with van der Waals surface area (Å²) in [4.78, 5) is 38.4. The van der Waals surface area contributed by atoms with Crippen molar-refractivity contribution in [2.45, 2.75) is 393 Å². The molecule has 0 spiro atoms. The molecule has 1 unspecified atom stereocenters. The summed E-state index contributed by atoms with van der Waals surface area (Å²) in [5.41, 5.74) is 0. The van der Waals surface area contributed by atoms with Crippen molar-refractivity contribution in [1.29, 1.82) is 0 Å². The Kier molecular flexibility index (Phi) is 65.1. The van der Waals surface area contributed by atoms with Gasteiger partial charge in [0, 0.05) is 19.3 Å². The van der Waals surface area contributed by atoms with E-state index in [-0.39, 0.29) is 31.1 Å². The molecule has 0 fully saturated rings. The molecule has 6 heteroatoms. The molecular weight excluding hydrogens is 961 g/mol. The highest BCUT2D eigenvalue weighted by atomic mass is 16.6. The molecule has 0 N–H and O–H groups in total. The van der Waals surface area contributed by atoms with E-state index in [1.54, 1.807) is 0 Å². The van der Waals surface area contributed by atoms with Crippen molar-refractivity contribution in [2.24, 2.45) is 0 Å². The standard InChI is InChI=1S/C72H134O6/c1-4-7-10-13-16-19-22-25-27-29-31-33-35-37-38-40-42-44-47-50-53-56-59-62-65-71(74)77-68-69(67-76-70(73)64-61-58-55-52-49-46-24-21-18-15-12-9-6-3)78-72(75)66-63-60-57-54-51-48-45-43-41-39-36-34-32-30-28-26-23-20-17-14-11-8-5-2/h23,26,30,32,36,39,69H,4-22,24-25,27-29,31,33-35,37-38,40-68H2,1-3H3/b26-23-,32-30-,39-36-. The van der Waals surface area contributed by atoms with E-state index in [0.29, 0.717) is 19.3 Å². The fraction of sp³-hybridized carbons (Fsp3) is 0.875. The Labute approximate surface area is 486 Å². The van der Waals surface area contributed by atoms with Crippen molar-refractivity contribution in [3.8, 4) is 0 Å². The summed E-state index contributed by atoms with van der Waals surface area (Å²) in [6, 6.07) is 0. The van der Waals surface area contributed by atoms with Crippen LogP contribution in [0.1, 0.15) is 387 Å². The molecule has 0 aliphatic rings. The zero-order valence-electron chi connectivity index (χ0n) is 52.7. The van der Waals surface area contributed by atoms with Crippen LogP contribution >= 0.6 is 0 Å². The largest absolute Gasteiger partial charge is 0.462 e. The van der Waals surface area contributed by atoms with Gasteiger partial charge in [0.05, 0.1) is 0 Å². The van der Waals surface area contributed by atoms with E-state index in [2.05, 4.69) is 57.2 Å². The van der Waals surface area contributed by atoms with E-state index in [4.69, 9.17) is 14.2 Å². The minimum atomic E-state index is -0.774. The second-order valence-corrected chi connectivity index (χ2v) is 23.8. The van der Waals surface area contributed by atoms with Gasteiger partial charge in [-0.3, -0.25) is 14.4 Å². The number of allylic oxidation sites excluding steroid dienone is 6. The van der Waals surface area contributed by atoms with Crippen molar-refractivity contribution < 1.29 is 28.6 Å². The van der Waals surface area contributed by atoms with Crippen molar-refractivity contribution in [3.05, 3.63) is 36.5 Å². The minimum absolute atomic E-state index is 0.0694. The van der Waals surface area contributed by atoms with Gasteiger partial charge in [-0.2, -0.15) is 0 Å². The monoisotopic (exact) mass is 1100 g/mol. The molecule has 458 valence electrons. The molecule has 78 heavy (non-hydrogen) atoms. The average molecular weight is 1100 g/mol. The van der Waals surface area contributed by atoms with Crippen LogP contribution in [-0.2, 0) is 28.6 Å². The highest BCUT2D eigenvalue weighted by Crippen LogP contribution is 2.18. The smallest absolute Gasteiger partial charge is 0.306 e. The predicted octanol–water partition coefficient (Wildman–Crippen LogP) is 23.9. The fourth-order valence-electron chi connectivity index (χ4n) is 10.6. The molecule has 0 bridgehead atoms. The summed E-state index contributed by atoms with van der Waals surface area (Å²) in [5.74, 6) is -0.847. The van der Waals surface area contributed by atoms with Crippen LogP contribution in [0, 0.1) is 0 Å². The Bertz CT molecular complexity index is 1300. The van der Waals surface area contributed by atoms with Gasteiger partial charge in [-0.15, -0.1) is 0 Å². The first-order valence-electron chi connectivity index (χ1n) is 35.0. The molecule has 0 aliphatic carbocycles. The summed E-state index contributed by atoms with van der Waals surface area (Å²) in [6.07, 6.45) is 83.1. The highest BCUT2D eigenvalue weighted by Gasteiger charge is 2.19. The second-order valence-electron chi connectivity index (χ2n) is 23.8. The number of hydrogen-bond donors (Lipinski definition) is 0. The lowest BCUT2D eigenvalue weighted by molar-refractivity contribution is -0.167. The first kappa shape index (κ1) is 75.6. The van der Waals surface area contributed by atoms with Crippen LogP contribution in [0.15, 0.2) is 36.5 Å². The van der Waals surface area contributed by atoms with E-state index in [0.717, 1.165) is 77.0 Å². The topological polar surface area (TPSA) is 78.9 Å². The van der Waals surface area contributed by atoms with Crippen LogP contribution in [0.25, 0.3) is 0 Å². The van der Waals surface area contributed by atoms with Crippen LogP contribution in [0.5, 0.6) is 0 Å². The fourth-order valence-corrected chi connectivity index (χ4v) is 10.6. The third-order valence-corrected chi connectivity index (χ3v) is 15.9. The summed E-state index contributed by atoms with van der Waals surface area (Å²) in [6.45, 7) is 6.70. The number of hydrogen-bond acceptors (Lipinski definition) is 6. The van der Waals surface area contributed by atoms with Crippen LogP contribution in [0.2, 0.25) is 0 Å². The van der Waals surface area contributed by atoms with Gasteiger partial charge in [-0.05, 0) is 57.8 Å². The van der Waals surface area contributed by atoms with Gasteiger partial charge < -0.3 is 14.2 Å². The van der Waals surface area contributed by atoms with Crippen molar-refractivity contribution >= 4 is 17.9 Å². The van der Waals surface area contributed by atoms with Gasteiger partial charge in [0.15, 0.2) is 6.10 Å². The molecule has 0 saturated carbocycles. The van der Waals surface area contributed by atoms with E-state index in [1.807, 2.05) is 0 Å². The number of carbonyl (C=O) groups is 3. The van der Waals surface area contributed by atoms with E-state index < -0.39 is 6.10 Å². The molecule has 0 saturated heterocycles. The summed E-state index contributed by atoms with van der Waals surface area (Å²) in [5, 5.41) is 0. The van der Waals surface area contributed by atoms with Crippen LogP contribution in [-0.4, -0.2) is 37.2 Å². The Morgan fingerprint density at radius 1 is 0.256 bits per heavy atom. The lowest BCUT2D eigenvalue weighted by Crippen LogP contribution is -2.30. The zero-order valence-corrected chi connectivity index (χ0v) is 52.7. The van der Waals surface area contributed by atoms with Gasteiger partial charge >= 0.3 is 17.9 Å². The summed E-state index contributed by atoms with van der Waals surface area (Å²) < 4.78 is 17.0. The maximum atomic E-state index is 12.9. The number of rotatable bonds is 65. The molecule has 0 aromatic carbocycles. The van der Waals surface area contributed by atoms with Gasteiger partial charge in [-0.1, -0.05) is 346 Å². The predicted molar refractivity (Wildman–Crippen MR) is 339 cm³/mol. The average Bonchev–Trinajstić information content (AvgIpc) is 3.44. The summed E-state index contributed by atoms with van der Waals surface area (Å²) >= 11 is 0. The molecule has 1 atom stereocenters. The van der Waals surface area contributed by atoms with E-state index in [1.165, 1.54) is 270 Å². The number of esters is 3. The lowest BCUT2D eigenvalue weighted by Gasteiger charge is -2.18. The van der Waals surface area contributed by atoms with Gasteiger partial charge in [0.2, 0.25) is 0 Å². The molecular formula is C72H134O6. The van der Waals surface area contributed by atoms with Crippen LogP contribution in [0.4, 0.5) is 0 Å². The van der Waals surface area contributed by atoms with Gasteiger partial charge in [0.1, 0.15) is 13.2 Å². The molecule has 0 radical (unpaired) electrons. The molecule has 0 aliphatic heterocycles. The van der Waals surface area contributed by atoms with Crippen LogP contribution < -0.4 is 0 Å². The number of unbranched alkanes of at least 4 members (excludes halogenated alkanes) is 48. The summed E-state index contributed by atoms with van der Waals surface area (Å²) in [7, 11) is 0. The van der Waals surface area contributed by atoms with Crippen molar-refractivity contribution in [1.82, 2.24) is 0 Å². The molecule has 6 nitrogen and oxygen atoms in total. The SMILES string of the molecule is CCCCCCC/C=C\C/C=C\C/C=C\CCCCCCCCCCC(=O)OC(COC(=O)CCCCCCCCCCCCCCC)COC(=O)CCCCCCCCCCCCCCCCCCCCCCCCCC. The van der Waals surface area contributed by atoms with Gasteiger partial charge in [-0.25, -0.2) is 0 Å². The third-order valence-electron chi connectivity index (χ3n) is 15.9. The Hall–Kier alpha value is -2.37. The van der Waals surface area contributed by atoms with E-state index >= 15 is 0 Å². The third kappa shape index (κ3) is 64.5. The maximum Gasteiger partial charge on any atom is 0.306 e. The Morgan fingerprint density at radius 2 is 0.462 bits per heavy atom. The number of carbonyl (C=O) groups excluding carboxylic acids is 3. The normalized spacial score (nSPS) is 12.2. The van der Waals surface area contributed by atoms with Crippen molar-refractivity contribution in [2.75, 3.05) is 13.2 Å². The lowest BCUT2D eigenvalue weighted by atomic mass is 10.0. The molecule has 0 aromatic rings. The minimum Gasteiger partial charge on any atom is -0.462 e. The number of ether oxygens (including phenoxy) is 3. The highest BCUT2D eigenvalue weighted by molar-refractivity contribution is 5.71. The molecule has 0 aromatic heterocycles. The van der Waals surface area contributed by atoms with Gasteiger partial charge in [0.25, 0.3) is 0 Å². The molecule has 0 amide bonds. The first-order valence-corrected chi connectivity index (χ1v) is 35.0. The quantitative estimate of drug-likeness (QED) is 0.0261.